The Labute approximate surface area is 279 Å². The fourth-order valence-electron chi connectivity index (χ4n) is 3.49. The normalized spacial score (nSPS) is 13.2. The monoisotopic (exact) mass is 683 g/mol. The number of hydrogen-bond donors (Lipinski definition) is 11. The number of allylic oxidation sites excluding steroid dienone is 4. The average molecular weight is 684 g/mol. The van der Waals surface area contributed by atoms with Gasteiger partial charge < -0.3 is 58.1 Å². The lowest BCUT2D eigenvalue weighted by Gasteiger charge is -2.06. The molecule has 49 heavy (non-hydrogen) atoms. The zero-order valence-corrected chi connectivity index (χ0v) is 25.8. The lowest BCUT2D eigenvalue weighted by atomic mass is 10.1. The third kappa shape index (κ3) is 16.2. The van der Waals surface area contributed by atoms with Crippen LogP contribution in [0.2, 0.25) is 0 Å². The molecule has 16 nitrogen and oxygen atoms in total. The van der Waals surface area contributed by atoms with Gasteiger partial charge in [-0.2, -0.15) is 0 Å². The number of carbonyl (C=O) groups is 5. The molecule has 3 atom stereocenters. The lowest BCUT2D eigenvalue weighted by molar-refractivity contribution is -0.139. The molecule has 0 saturated heterocycles. The Hall–Kier alpha value is -6.23. The molecule has 1 aliphatic carbocycles. The summed E-state index contributed by atoms with van der Waals surface area (Å²) in [4.78, 5) is 51.8. The van der Waals surface area contributed by atoms with Crippen LogP contribution in [0.3, 0.4) is 0 Å². The van der Waals surface area contributed by atoms with E-state index in [1.54, 1.807) is 12.1 Å². The van der Waals surface area contributed by atoms with E-state index in [0.717, 1.165) is 5.56 Å². The van der Waals surface area contributed by atoms with E-state index in [1.165, 1.54) is 72.8 Å². The van der Waals surface area contributed by atoms with Crippen LogP contribution < -0.4 is 17.2 Å². The molecule has 0 heterocycles. The van der Waals surface area contributed by atoms with Crippen molar-refractivity contribution < 1.29 is 64.8 Å². The number of aromatic hydroxyl groups is 5. The van der Waals surface area contributed by atoms with E-state index in [-0.39, 0.29) is 59.6 Å². The van der Waals surface area contributed by atoms with Crippen molar-refractivity contribution in [1.82, 2.24) is 0 Å². The van der Waals surface area contributed by atoms with Gasteiger partial charge in [0, 0.05) is 0 Å². The lowest BCUT2D eigenvalue weighted by Crippen LogP contribution is -2.32. The van der Waals surface area contributed by atoms with Crippen LogP contribution in [0.4, 0.5) is 0 Å². The zero-order valence-electron chi connectivity index (χ0n) is 25.8. The number of hydrogen-bond acceptors (Lipinski definition) is 13. The highest BCUT2D eigenvalue weighted by Gasteiger charge is 2.14. The van der Waals surface area contributed by atoms with E-state index >= 15 is 0 Å². The molecule has 4 rings (SSSR count). The Morgan fingerprint density at radius 2 is 0.755 bits per heavy atom. The number of ketones is 2. The van der Waals surface area contributed by atoms with E-state index in [4.69, 9.17) is 58.1 Å². The van der Waals surface area contributed by atoms with Gasteiger partial charge in [0.15, 0.2) is 34.6 Å². The summed E-state index contributed by atoms with van der Waals surface area (Å²) in [6.07, 6.45) is 5.51. The summed E-state index contributed by atoms with van der Waals surface area (Å²) >= 11 is 0. The Bertz CT molecular complexity index is 1560. The molecule has 262 valence electrons. The second kappa shape index (κ2) is 20.1. The molecule has 0 aliphatic heterocycles. The minimum Gasteiger partial charge on any atom is -0.508 e. The van der Waals surface area contributed by atoms with Crippen LogP contribution in [0.25, 0.3) is 0 Å². The van der Waals surface area contributed by atoms with Crippen LogP contribution in [0, 0.1) is 0 Å². The van der Waals surface area contributed by atoms with Crippen molar-refractivity contribution in [2.24, 2.45) is 17.2 Å². The van der Waals surface area contributed by atoms with Crippen LogP contribution >= 0.6 is 0 Å². The van der Waals surface area contributed by atoms with E-state index in [1.807, 2.05) is 0 Å². The van der Waals surface area contributed by atoms with Crippen LogP contribution in [0.15, 0.2) is 85.0 Å². The highest BCUT2D eigenvalue weighted by molar-refractivity contribution is 6.14. The molecular weight excluding hydrogens is 646 g/mol. The molecule has 3 aromatic rings. The van der Waals surface area contributed by atoms with Gasteiger partial charge in [0.1, 0.15) is 23.9 Å². The number of carboxylic acids is 3. The number of nitrogens with two attached hydrogens (primary N) is 3. The van der Waals surface area contributed by atoms with Crippen molar-refractivity contribution >= 4 is 29.5 Å². The number of rotatable bonds is 9. The van der Waals surface area contributed by atoms with Crippen LogP contribution in [-0.4, -0.2) is 88.5 Å². The quantitative estimate of drug-likeness (QED) is 0.109. The van der Waals surface area contributed by atoms with Gasteiger partial charge in [-0.15, -0.1) is 0 Å². The number of carbonyl (C=O) groups excluding carboxylic acids is 2. The molecule has 3 aromatic carbocycles. The van der Waals surface area contributed by atoms with Crippen molar-refractivity contribution in [3.63, 3.8) is 0 Å². The fourth-order valence-corrected chi connectivity index (χ4v) is 3.49. The summed E-state index contributed by atoms with van der Waals surface area (Å²) in [5.74, 6) is -4.33. The number of carboxylic acid groups (broad SMARTS) is 3. The molecule has 1 aliphatic rings. The van der Waals surface area contributed by atoms with Crippen molar-refractivity contribution in [2.45, 2.75) is 37.4 Å². The molecule has 0 aromatic heterocycles. The van der Waals surface area contributed by atoms with Crippen LogP contribution in [0.1, 0.15) is 16.7 Å². The van der Waals surface area contributed by atoms with E-state index in [0.29, 0.717) is 11.1 Å². The first-order chi connectivity index (χ1) is 22.9. The van der Waals surface area contributed by atoms with Crippen LogP contribution in [-0.2, 0) is 43.2 Å². The number of aliphatic carboxylic acids is 3. The SMILES string of the molecule is NC(Cc1ccc(O)c(O)c1)C(=O)O.NC(Cc1ccc(O)c(O)c1)C(=O)O.N[C@@H](Cc1ccc(O)cc1)C(=O)O.O=C1C=CC(=O)C=C1. The summed E-state index contributed by atoms with van der Waals surface area (Å²) in [7, 11) is 0. The maximum absolute atomic E-state index is 10.4. The smallest absolute Gasteiger partial charge is 0.320 e. The zero-order chi connectivity index (χ0) is 37.3. The van der Waals surface area contributed by atoms with E-state index in [9.17, 15) is 24.0 Å². The summed E-state index contributed by atoms with van der Waals surface area (Å²) < 4.78 is 0. The fraction of sp³-hybridized carbons (Fsp3) is 0.182. The van der Waals surface area contributed by atoms with Crippen LogP contribution in [0.5, 0.6) is 28.7 Å². The first kappa shape index (κ1) is 40.8. The third-order valence-electron chi connectivity index (χ3n) is 6.16. The second-order valence-corrected chi connectivity index (χ2v) is 10.2. The third-order valence-corrected chi connectivity index (χ3v) is 6.16. The molecule has 0 bridgehead atoms. The highest BCUT2D eigenvalue weighted by Crippen LogP contribution is 2.26. The van der Waals surface area contributed by atoms with Gasteiger partial charge in [0.05, 0.1) is 0 Å². The first-order valence-corrected chi connectivity index (χ1v) is 14.1. The summed E-state index contributed by atoms with van der Waals surface area (Å²) in [5.41, 5.74) is 17.8. The topological polar surface area (TPSA) is 325 Å². The molecule has 0 amide bonds. The number of benzene rings is 3. The van der Waals surface area contributed by atoms with Gasteiger partial charge in [0.2, 0.25) is 0 Å². The minimum absolute atomic E-state index is 0.114. The predicted octanol–water partition coefficient (Wildman–Crippen LogP) is 0.702. The van der Waals surface area contributed by atoms with Gasteiger partial charge in [-0.05, 0) is 96.7 Å². The van der Waals surface area contributed by atoms with Gasteiger partial charge in [0.25, 0.3) is 0 Å². The summed E-state index contributed by atoms with van der Waals surface area (Å²) in [5, 5.41) is 70.7. The van der Waals surface area contributed by atoms with Crippen molar-refractivity contribution in [1.29, 1.82) is 0 Å². The highest BCUT2D eigenvalue weighted by atomic mass is 16.4. The molecular formula is C33H37N3O13. The molecule has 0 radical (unpaired) electrons. The largest absolute Gasteiger partial charge is 0.508 e. The van der Waals surface area contributed by atoms with Crippen molar-refractivity contribution in [2.75, 3.05) is 0 Å². The van der Waals surface area contributed by atoms with E-state index < -0.39 is 36.0 Å². The molecule has 0 spiro atoms. The Balaban J connectivity index is 0.000000332. The van der Waals surface area contributed by atoms with E-state index in [2.05, 4.69) is 0 Å². The Kier molecular flexibility index (Phi) is 16.7. The minimum atomic E-state index is -1.10. The standard InChI is InChI=1S/2C9H11NO4.C9H11NO3.C6H4O2/c2*10-6(9(13)14)3-5-1-2-7(11)8(12)4-5;10-8(9(12)13)5-6-1-3-7(11)4-2-6;7-5-1-2-6(8)4-3-5/h2*1-2,4,6,11-12H,3,10H2,(H,13,14);1-4,8,11H,5,10H2,(H,12,13);1-4H/t;;8-;/m..0./s1. The van der Waals surface area contributed by atoms with Gasteiger partial charge >= 0.3 is 17.9 Å². The first-order valence-electron chi connectivity index (χ1n) is 14.1. The molecule has 16 heteroatoms. The van der Waals surface area contributed by atoms with Crippen molar-refractivity contribution in [3.8, 4) is 28.7 Å². The second-order valence-electron chi connectivity index (χ2n) is 10.2. The Morgan fingerprint density at radius 3 is 1.04 bits per heavy atom. The maximum atomic E-state index is 10.4. The molecule has 2 unspecified atom stereocenters. The number of phenols is 5. The number of phenolic OH excluding ortho intramolecular Hbond substituents is 5. The summed E-state index contributed by atoms with van der Waals surface area (Å²) in [6, 6.07) is 11.6. The van der Waals surface area contributed by atoms with Crippen molar-refractivity contribution in [3.05, 3.63) is 102 Å². The predicted molar refractivity (Wildman–Crippen MR) is 174 cm³/mol. The van der Waals surface area contributed by atoms with Gasteiger partial charge in [-0.3, -0.25) is 24.0 Å². The molecule has 14 N–H and O–H groups in total. The Morgan fingerprint density at radius 1 is 0.469 bits per heavy atom. The molecule has 0 fully saturated rings. The van der Waals surface area contributed by atoms with Gasteiger partial charge in [-0.25, -0.2) is 0 Å². The molecule has 0 saturated carbocycles. The average Bonchev–Trinajstić information content (AvgIpc) is 3.04. The van der Waals surface area contributed by atoms with Gasteiger partial charge in [-0.1, -0.05) is 24.3 Å². The summed E-state index contributed by atoms with van der Waals surface area (Å²) in [6.45, 7) is 0. The maximum Gasteiger partial charge on any atom is 0.320 e.